The van der Waals surface area contributed by atoms with Gasteiger partial charge in [-0.2, -0.15) is 0 Å². The Morgan fingerprint density at radius 2 is 1.85 bits per heavy atom. The van der Waals surface area contributed by atoms with Crippen LogP contribution in [0.5, 0.6) is 0 Å². The minimum absolute atomic E-state index is 0.0854. The number of pyridine rings is 1. The van der Waals surface area contributed by atoms with E-state index in [1.54, 1.807) is 42.6 Å². The number of carbonyl (C=O) groups is 3. The number of hydrogen-bond acceptors (Lipinski definition) is 6. The first-order valence-corrected chi connectivity index (χ1v) is 9.07. The number of methoxy groups -OCH3 is 1. The van der Waals surface area contributed by atoms with Crippen LogP contribution >= 0.6 is 11.8 Å². The highest BCUT2D eigenvalue weighted by atomic mass is 32.2. The predicted octanol–water partition coefficient (Wildman–Crippen LogP) is 2.69. The van der Waals surface area contributed by atoms with Gasteiger partial charge in [-0.15, -0.1) is 0 Å². The zero-order chi connectivity index (χ0) is 18.5. The van der Waals surface area contributed by atoms with Crippen molar-refractivity contribution in [3.05, 3.63) is 54.7 Å². The van der Waals surface area contributed by atoms with Crippen LogP contribution in [0.1, 0.15) is 12.8 Å². The predicted molar refractivity (Wildman–Crippen MR) is 97.6 cm³/mol. The van der Waals surface area contributed by atoms with Gasteiger partial charge >= 0.3 is 5.97 Å². The lowest BCUT2D eigenvalue weighted by molar-refractivity contribution is -0.141. The molecule has 134 valence electrons. The molecule has 2 atom stereocenters. The number of thioether (sulfide) groups is 1. The van der Waals surface area contributed by atoms with Gasteiger partial charge in [0.25, 0.3) is 0 Å². The highest BCUT2D eigenvalue weighted by molar-refractivity contribution is 8.00. The van der Waals surface area contributed by atoms with Crippen molar-refractivity contribution in [3.63, 3.8) is 0 Å². The van der Waals surface area contributed by atoms with E-state index in [9.17, 15) is 14.4 Å². The highest BCUT2D eigenvalue weighted by Crippen LogP contribution is 2.38. The Morgan fingerprint density at radius 3 is 2.50 bits per heavy atom. The van der Waals surface area contributed by atoms with Crippen molar-refractivity contribution in [2.24, 2.45) is 5.92 Å². The smallest absolute Gasteiger partial charge is 0.305 e. The van der Waals surface area contributed by atoms with Crippen molar-refractivity contribution >= 4 is 35.2 Å². The summed E-state index contributed by atoms with van der Waals surface area (Å²) >= 11 is 1.25. The van der Waals surface area contributed by atoms with Gasteiger partial charge in [0, 0.05) is 12.6 Å². The monoisotopic (exact) mass is 370 g/mol. The summed E-state index contributed by atoms with van der Waals surface area (Å²) in [7, 11) is 1.31. The number of nitrogens with zero attached hydrogens (tertiary/aromatic N) is 2. The van der Waals surface area contributed by atoms with Crippen molar-refractivity contribution in [1.29, 1.82) is 0 Å². The normalized spacial score (nSPS) is 19.7. The zero-order valence-corrected chi connectivity index (χ0v) is 15.0. The molecule has 6 nitrogen and oxygen atoms in total. The molecule has 0 unspecified atom stereocenters. The molecule has 0 radical (unpaired) electrons. The number of benzene rings is 1. The molecule has 2 amide bonds. The topological polar surface area (TPSA) is 76.6 Å². The van der Waals surface area contributed by atoms with Crippen molar-refractivity contribution in [3.8, 4) is 0 Å². The second-order valence-electron chi connectivity index (χ2n) is 5.78. The summed E-state index contributed by atoms with van der Waals surface area (Å²) in [5.74, 6) is -1.58. The Labute approximate surface area is 155 Å². The molecule has 2 heterocycles. The molecule has 26 heavy (non-hydrogen) atoms. The second-order valence-corrected chi connectivity index (χ2v) is 6.94. The number of aromatic nitrogens is 1. The molecule has 1 aromatic heterocycles. The molecule has 1 aliphatic heterocycles. The standard InChI is InChI=1S/C19H18N2O4S/c1-25-16(22)11-10-14-17(26-15-9-5-6-12-20-15)19(24)21(18(14)23)13-7-3-2-4-8-13/h2-9,12,14,17H,10-11H2,1H3/t14-,17-/m0/s1. The van der Waals surface area contributed by atoms with Crippen LogP contribution < -0.4 is 4.90 Å². The van der Waals surface area contributed by atoms with Crippen LogP contribution in [-0.2, 0) is 19.1 Å². The third-order valence-corrected chi connectivity index (χ3v) is 5.42. The van der Waals surface area contributed by atoms with E-state index >= 15 is 0 Å². The number of imide groups is 1. The van der Waals surface area contributed by atoms with Gasteiger partial charge in [-0.25, -0.2) is 9.88 Å². The molecule has 1 saturated heterocycles. The van der Waals surface area contributed by atoms with Crippen LogP contribution in [0.15, 0.2) is 59.8 Å². The first-order valence-electron chi connectivity index (χ1n) is 8.19. The molecular formula is C19H18N2O4S. The fraction of sp³-hybridized carbons (Fsp3) is 0.263. The van der Waals surface area contributed by atoms with Crippen LogP contribution in [-0.4, -0.2) is 35.1 Å². The maximum atomic E-state index is 13.0. The van der Waals surface area contributed by atoms with Crippen molar-refractivity contribution in [2.75, 3.05) is 12.0 Å². The summed E-state index contributed by atoms with van der Waals surface area (Å²) in [6, 6.07) is 14.2. The Kier molecular flexibility index (Phi) is 5.68. The number of esters is 1. The number of hydrogen-bond donors (Lipinski definition) is 0. The molecule has 7 heteroatoms. The minimum atomic E-state index is -0.623. The molecule has 0 bridgehead atoms. The molecule has 1 fully saturated rings. The first-order chi connectivity index (χ1) is 12.6. The molecule has 1 aliphatic rings. The fourth-order valence-electron chi connectivity index (χ4n) is 2.86. The summed E-state index contributed by atoms with van der Waals surface area (Å²) in [5.41, 5.74) is 0.537. The molecule has 0 spiro atoms. The summed E-state index contributed by atoms with van der Waals surface area (Å²) in [4.78, 5) is 42.9. The average molecular weight is 370 g/mol. The number of ether oxygens (including phenoxy) is 1. The summed E-state index contributed by atoms with van der Waals surface area (Å²) in [6.07, 6.45) is 1.98. The van der Waals surface area contributed by atoms with Gasteiger partial charge in [-0.3, -0.25) is 14.4 Å². The van der Waals surface area contributed by atoms with Gasteiger partial charge in [0.15, 0.2) is 0 Å². The third-order valence-electron chi connectivity index (χ3n) is 4.15. The Hall–Kier alpha value is -2.67. The average Bonchev–Trinajstić information content (AvgIpc) is 2.91. The van der Waals surface area contributed by atoms with Crippen molar-refractivity contribution in [2.45, 2.75) is 23.1 Å². The number of amides is 2. The quantitative estimate of drug-likeness (QED) is 0.575. The second kappa shape index (κ2) is 8.14. The molecular weight excluding hydrogens is 352 g/mol. The number of para-hydroxylation sites is 1. The molecule has 3 rings (SSSR count). The highest BCUT2D eigenvalue weighted by Gasteiger charge is 2.48. The molecule has 1 aromatic carbocycles. The third kappa shape index (κ3) is 3.77. The van der Waals surface area contributed by atoms with E-state index in [0.717, 1.165) is 0 Å². The van der Waals surface area contributed by atoms with Gasteiger partial charge in [-0.05, 0) is 30.7 Å². The van der Waals surface area contributed by atoms with E-state index in [1.807, 2.05) is 12.1 Å². The zero-order valence-electron chi connectivity index (χ0n) is 14.2. The summed E-state index contributed by atoms with van der Waals surface area (Å²) in [5, 5.41) is 0.0406. The van der Waals surface area contributed by atoms with E-state index in [-0.39, 0.29) is 24.7 Å². The first kappa shape index (κ1) is 18.1. The minimum Gasteiger partial charge on any atom is -0.469 e. The maximum Gasteiger partial charge on any atom is 0.305 e. The maximum absolute atomic E-state index is 13.0. The fourth-order valence-corrected chi connectivity index (χ4v) is 4.03. The van der Waals surface area contributed by atoms with E-state index in [0.29, 0.717) is 10.7 Å². The van der Waals surface area contributed by atoms with Gasteiger partial charge < -0.3 is 4.74 Å². The Bertz CT molecular complexity index is 798. The molecule has 0 N–H and O–H groups in total. The van der Waals surface area contributed by atoms with Gasteiger partial charge in [0.1, 0.15) is 5.25 Å². The number of carbonyl (C=O) groups excluding carboxylic acids is 3. The van der Waals surface area contributed by atoms with E-state index in [2.05, 4.69) is 9.72 Å². The molecule has 2 aromatic rings. The Morgan fingerprint density at radius 1 is 1.12 bits per heavy atom. The Balaban J connectivity index is 1.88. The van der Waals surface area contributed by atoms with Crippen LogP contribution in [0, 0.1) is 5.92 Å². The lowest BCUT2D eigenvalue weighted by atomic mass is 10.0. The van der Waals surface area contributed by atoms with Crippen molar-refractivity contribution in [1.82, 2.24) is 4.98 Å². The van der Waals surface area contributed by atoms with Crippen molar-refractivity contribution < 1.29 is 19.1 Å². The van der Waals surface area contributed by atoms with Crippen LogP contribution in [0.4, 0.5) is 5.69 Å². The van der Waals surface area contributed by atoms with Gasteiger partial charge in [0.05, 0.1) is 23.7 Å². The lowest BCUT2D eigenvalue weighted by Crippen LogP contribution is -2.31. The molecule has 0 saturated carbocycles. The lowest BCUT2D eigenvalue weighted by Gasteiger charge is -2.14. The summed E-state index contributed by atoms with van der Waals surface area (Å²) in [6.45, 7) is 0. The SMILES string of the molecule is COC(=O)CC[C@@H]1C(=O)N(c2ccccc2)C(=O)[C@H]1Sc1ccccn1. The summed E-state index contributed by atoms with van der Waals surface area (Å²) < 4.78 is 4.67. The van der Waals surface area contributed by atoms with Crippen LogP contribution in [0.25, 0.3) is 0 Å². The van der Waals surface area contributed by atoms with E-state index in [1.165, 1.54) is 23.8 Å². The van der Waals surface area contributed by atoms with E-state index in [4.69, 9.17) is 0 Å². The van der Waals surface area contributed by atoms with Crippen LogP contribution in [0.3, 0.4) is 0 Å². The van der Waals surface area contributed by atoms with Gasteiger partial charge in [-0.1, -0.05) is 36.0 Å². The largest absolute Gasteiger partial charge is 0.469 e. The van der Waals surface area contributed by atoms with Crippen LogP contribution in [0.2, 0.25) is 0 Å². The molecule has 0 aliphatic carbocycles. The number of rotatable bonds is 6. The van der Waals surface area contributed by atoms with E-state index < -0.39 is 17.1 Å². The van der Waals surface area contributed by atoms with Gasteiger partial charge in [0.2, 0.25) is 11.8 Å². The number of anilines is 1.